The number of Topliss-reactive ketones (excluding diaryl/α,β-unsaturated/α-hetero) is 1. The molecular formula is C10H14O6. The van der Waals surface area contributed by atoms with Gasteiger partial charge in [0, 0.05) is 0 Å². The Morgan fingerprint density at radius 1 is 1.12 bits per heavy atom. The van der Waals surface area contributed by atoms with Crippen molar-refractivity contribution in [2.75, 3.05) is 13.7 Å². The van der Waals surface area contributed by atoms with E-state index < -0.39 is 17.9 Å². The number of esters is 1. The molecule has 0 aliphatic carbocycles. The third kappa shape index (κ3) is 4.12. The van der Waals surface area contributed by atoms with E-state index >= 15 is 0 Å². The van der Waals surface area contributed by atoms with E-state index in [-0.39, 0.29) is 17.9 Å². The number of rotatable bonds is 4. The minimum atomic E-state index is -0.999. The van der Waals surface area contributed by atoms with Crippen LogP contribution in [0.3, 0.4) is 0 Å². The van der Waals surface area contributed by atoms with Gasteiger partial charge in [-0.25, -0.2) is 9.59 Å². The van der Waals surface area contributed by atoms with Crippen LogP contribution in [-0.4, -0.2) is 31.6 Å². The lowest BCUT2D eigenvalue weighted by atomic mass is 10.1. The van der Waals surface area contributed by atoms with Crippen LogP contribution in [0, 0.1) is 0 Å². The predicted octanol–water partition coefficient (Wildman–Crippen LogP) is 1.20. The van der Waals surface area contributed by atoms with E-state index in [2.05, 4.69) is 14.2 Å². The highest BCUT2D eigenvalue weighted by atomic mass is 16.7. The van der Waals surface area contributed by atoms with Crippen molar-refractivity contribution in [2.45, 2.75) is 20.8 Å². The van der Waals surface area contributed by atoms with Crippen LogP contribution in [0.25, 0.3) is 0 Å². The van der Waals surface area contributed by atoms with E-state index in [0.29, 0.717) is 0 Å². The lowest BCUT2D eigenvalue weighted by molar-refractivity contribution is -0.140. The molecule has 0 unspecified atom stereocenters. The summed E-state index contributed by atoms with van der Waals surface area (Å²) in [4.78, 5) is 33.3. The number of ketones is 1. The van der Waals surface area contributed by atoms with Gasteiger partial charge in [0.15, 0.2) is 5.78 Å². The van der Waals surface area contributed by atoms with Gasteiger partial charge in [0.2, 0.25) is 0 Å². The molecule has 0 saturated carbocycles. The van der Waals surface area contributed by atoms with Crippen molar-refractivity contribution in [1.29, 1.82) is 0 Å². The van der Waals surface area contributed by atoms with Gasteiger partial charge in [0.25, 0.3) is 0 Å². The van der Waals surface area contributed by atoms with E-state index in [9.17, 15) is 14.4 Å². The maximum absolute atomic E-state index is 11.4. The van der Waals surface area contributed by atoms with Gasteiger partial charge < -0.3 is 14.2 Å². The Bertz CT molecular complexity index is 328. The highest BCUT2D eigenvalue weighted by Crippen LogP contribution is 2.10. The van der Waals surface area contributed by atoms with Crippen molar-refractivity contribution in [3.05, 3.63) is 11.3 Å². The normalized spacial score (nSPS) is 11.2. The van der Waals surface area contributed by atoms with Gasteiger partial charge in [0.1, 0.15) is 11.3 Å². The first-order valence-electron chi connectivity index (χ1n) is 4.58. The summed E-state index contributed by atoms with van der Waals surface area (Å²) >= 11 is 0. The first-order valence-corrected chi connectivity index (χ1v) is 4.58. The molecule has 0 radical (unpaired) electrons. The average Bonchev–Trinajstić information content (AvgIpc) is 2.17. The molecule has 0 aromatic rings. The van der Waals surface area contributed by atoms with Crippen molar-refractivity contribution in [1.82, 2.24) is 0 Å². The Morgan fingerprint density at radius 2 is 1.69 bits per heavy atom. The summed E-state index contributed by atoms with van der Waals surface area (Å²) in [6.45, 7) is 4.22. The number of carbonyl (C=O) groups is 3. The lowest BCUT2D eigenvalue weighted by Crippen LogP contribution is -2.17. The van der Waals surface area contributed by atoms with Crippen LogP contribution >= 0.6 is 0 Å². The zero-order chi connectivity index (χ0) is 12.7. The quantitative estimate of drug-likeness (QED) is 0.237. The third-order valence-electron chi connectivity index (χ3n) is 1.59. The molecule has 16 heavy (non-hydrogen) atoms. The van der Waals surface area contributed by atoms with Gasteiger partial charge in [-0.3, -0.25) is 4.79 Å². The van der Waals surface area contributed by atoms with Crippen LogP contribution in [0.5, 0.6) is 0 Å². The molecule has 0 spiro atoms. The molecule has 0 rings (SSSR count). The predicted molar refractivity (Wildman–Crippen MR) is 53.5 cm³/mol. The van der Waals surface area contributed by atoms with Crippen molar-refractivity contribution < 1.29 is 28.6 Å². The monoisotopic (exact) mass is 230 g/mol. The molecule has 0 aliphatic heterocycles. The summed E-state index contributed by atoms with van der Waals surface area (Å²) in [5.74, 6) is -1.51. The van der Waals surface area contributed by atoms with E-state index in [0.717, 1.165) is 7.11 Å². The van der Waals surface area contributed by atoms with Crippen LogP contribution in [0.4, 0.5) is 4.79 Å². The fraction of sp³-hybridized carbons (Fsp3) is 0.500. The van der Waals surface area contributed by atoms with Gasteiger partial charge in [-0.15, -0.1) is 0 Å². The number of methoxy groups -OCH3 is 1. The fourth-order valence-electron chi connectivity index (χ4n) is 0.956. The van der Waals surface area contributed by atoms with Crippen molar-refractivity contribution >= 4 is 17.9 Å². The zero-order valence-corrected chi connectivity index (χ0v) is 9.66. The van der Waals surface area contributed by atoms with Crippen molar-refractivity contribution in [3.8, 4) is 0 Å². The van der Waals surface area contributed by atoms with Crippen LogP contribution < -0.4 is 0 Å². The summed E-state index contributed by atoms with van der Waals surface area (Å²) in [7, 11) is 1.12. The summed E-state index contributed by atoms with van der Waals surface area (Å²) in [6, 6.07) is 0. The standard InChI is InChI=1S/C10H14O6/c1-5-15-9(12)8(6(2)11)7(3)16-10(13)14-4/h5H2,1-4H3/b8-7+. The Labute approximate surface area is 93.2 Å². The molecule has 0 atom stereocenters. The van der Waals surface area contributed by atoms with Gasteiger partial charge in [-0.2, -0.15) is 0 Å². The summed E-state index contributed by atoms with van der Waals surface area (Å²) in [5.41, 5.74) is -0.299. The number of carbonyl (C=O) groups excluding carboxylic acids is 3. The molecule has 0 aromatic carbocycles. The van der Waals surface area contributed by atoms with E-state index in [1.807, 2.05) is 0 Å². The molecule has 0 aliphatic rings. The number of allylic oxidation sites excluding steroid dienone is 1. The summed E-state index contributed by atoms with van der Waals surface area (Å²) < 4.78 is 13.5. The minimum Gasteiger partial charge on any atom is -0.462 e. The van der Waals surface area contributed by atoms with E-state index in [1.54, 1.807) is 6.92 Å². The first kappa shape index (κ1) is 14.2. The number of ether oxygens (including phenoxy) is 3. The van der Waals surface area contributed by atoms with Crippen molar-refractivity contribution in [2.24, 2.45) is 0 Å². The minimum absolute atomic E-state index is 0.126. The molecule has 0 fully saturated rings. The summed E-state index contributed by atoms with van der Waals surface area (Å²) in [5, 5.41) is 0. The van der Waals surface area contributed by atoms with Crippen LogP contribution in [-0.2, 0) is 23.8 Å². The topological polar surface area (TPSA) is 78.9 Å². The Kier molecular flexibility index (Phi) is 5.84. The van der Waals surface area contributed by atoms with Gasteiger partial charge in [-0.05, 0) is 20.8 Å². The summed E-state index contributed by atoms with van der Waals surface area (Å²) in [6.07, 6.45) is -0.999. The second-order valence-corrected chi connectivity index (χ2v) is 2.76. The molecule has 0 heterocycles. The van der Waals surface area contributed by atoms with Crippen molar-refractivity contribution in [3.63, 3.8) is 0 Å². The lowest BCUT2D eigenvalue weighted by Gasteiger charge is -2.08. The maximum atomic E-state index is 11.4. The maximum Gasteiger partial charge on any atom is 0.513 e. The molecule has 0 amide bonds. The van der Waals surface area contributed by atoms with Gasteiger partial charge >= 0.3 is 12.1 Å². The van der Waals surface area contributed by atoms with Crippen LogP contribution in [0.1, 0.15) is 20.8 Å². The second-order valence-electron chi connectivity index (χ2n) is 2.76. The Balaban J connectivity index is 5.00. The molecule has 6 heteroatoms. The highest BCUT2D eigenvalue weighted by Gasteiger charge is 2.21. The highest BCUT2D eigenvalue weighted by molar-refractivity contribution is 6.16. The van der Waals surface area contributed by atoms with Crippen LogP contribution in [0.2, 0.25) is 0 Å². The number of hydrogen-bond donors (Lipinski definition) is 0. The van der Waals surface area contributed by atoms with Crippen LogP contribution in [0.15, 0.2) is 11.3 Å². The zero-order valence-electron chi connectivity index (χ0n) is 9.66. The first-order chi connectivity index (χ1) is 7.43. The second kappa shape index (κ2) is 6.60. The van der Waals surface area contributed by atoms with E-state index in [4.69, 9.17) is 0 Å². The molecule has 0 bridgehead atoms. The third-order valence-corrected chi connectivity index (χ3v) is 1.59. The molecule has 0 N–H and O–H groups in total. The molecule has 6 nitrogen and oxygen atoms in total. The number of hydrogen-bond acceptors (Lipinski definition) is 6. The molecular weight excluding hydrogens is 216 g/mol. The average molecular weight is 230 g/mol. The van der Waals surface area contributed by atoms with E-state index in [1.165, 1.54) is 13.8 Å². The SMILES string of the molecule is CCOC(=O)/C(C(C)=O)=C(\C)OC(=O)OC. The van der Waals surface area contributed by atoms with Gasteiger partial charge in [0.05, 0.1) is 13.7 Å². The van der Waals surface area contributed by atoms with Gasteiger partial charge in [-0.1, -0.05) is 0 Å². The smallest absolute Gasteiger partial charge is 0.462 e. The fourth-order valence-corrected chi connectivity index (χ4v) is 0.956. The molecule has 90 valence electrons. The molecule has 0 aromatic heterocycles. The Hall–Kier alpha value is -1.85. The largest absolute Gasteiger partial charge is 0.513 e. The Morgan fingerprint density at radius 3 is 2.06 bits per heavy atom. The molecule has 0 saturated heterocycles.